The minimum atomic E-state index is -0.426. The first-order valence-corrected chi connectivity index (χ1v) is 11.7. The second kappa shape index (κ2) is 7.60. The van der Waals surface area contributed by atoms with E-state index in [1.54, 1.807) is 37.8 Å². The molecule has 2 aromatic carbocycles. The Hall–Kier alpha value is -2.80. The summed E-state index contributed by atoms with van der Waals surface area (Å²) in [5.41, 5.74) is 3.00. The van der Waals surface area contributed by atoms with E-state index in [1.165, 1.54) is 13.7 Å². The van der Waals surface area contributed by atoms with Gasteiger partial charge < -0.3 is 0 Å². The molecular formula is C26H32ClFN4O2. The van der Waals surface area contributed by atoms with Crippen LogP contribution in [-0.4, -0.2) is 18.3 Å². The minimum Gasteiger partial charge on any atom is -0.295 e. The Bertz CT molecular complexity index is 1590. The molecular weight excluding hydrogens is 455 g/mol. The summed E-state index contributed by atoms with van der Waals surface area (Å²) in [7, 11) is 5.04. The average Bonchev–Trinajstić information content (AvgIpc) is 3.09. The van der Waals surface area contributed by atoms with Gasteiger partial charge in [-0.15, -0.1) is 0 Å². The van der Waals surface area contributed by atoms with Gasteiger partial charge in [-0.05, 0) is 39.7 Å². The Morgan fingerprint density at radius 1 is 0.794 bits per heavy atom. The summed E-state index contributed by atoms with van der Waals surface area (Å²) in [5.74, 6) is -0.399. The molecule has 8 heteroatoms. The first-order chi connectivity index (χ1) is 15.6. The highest BCUT2D eigenvalue weighted by molar-refractivity contribution is 6.36. The zero-order valence-electron chi connectivity index (χ0n) is 21.3. The van der Waals surface area contributed by atoms with Crippen LogP contribution in [0.5, 0.6) is 0 Å². The number of nitrogens with zero attached hydrogens (tertiary/aromatic N) is 4. The molecule has 0 aliphatic heterocycles. The number of halogens is 2. The van der Waals surface area contributed by atoms with Crippen LogP contribution in [0.3, 0.4) is 0 Å². The van der Waals surface area contributed by atoms with Crippen molar-refractivity contribution in [3.63, 3.8) is 0 Å². The Morgan fingerprint density at radius 2 is 1.35 bits per heavy atom. The van der Waals surface area contributed by atoms with Crippen molar-refractivity contribution in [2.24, 2.45) is 21.1 Å². The van der Waals surface area contributed by atoms with E-state index in [0.717, 1.165) is 11.1 Å². The normalized spacial score (nSPS) is 12.9. The van der Waals surface area contributed by atoms with E-state index in [0.29, 0.717) is 27.2 Å². The van der Waals surface area contributed by atoms with Gasteiger partial charge in [0.1, 0.15) is 5.52 Å². The molecule has 4 rings (SSSR count). The number of imidazole rings is 2. The number of rotatable bonds is 2. The van der Waals surface area contributed by atoms with Crippen molar-refractivity contribution in [3.05, 3.63) is 66.7 Å². The van der Waals surface area contributed by atoms with E-state index in [2.05, 4.69) is 20.8 Å². The molecule has 0 spiro atoms. The van der Waals surface area contributed by atoms with Gasteiger partial charge in [0.05, 0.1) is 28.1 Å². The smallest absolute Gasteiger partial charge is 0.295 e. The van der Waals surface area contributed by atoms with Gasteiger partial charge in [0.15, 0.2) is 5.82 Å². The van der Waals surface area contributed by atoms with E-state index in [9.17, 15) is 9.59 Å². The highest BCUT2D eigenvalue weighted by Crippen LogP contribution is 2.37. The molecule has 0 saturated heterocycles. The maximum Gasteiger partial charge on any atom is 0.329 e. The lowest BCUT2D eigenvalue weighted by molar-refractivity contribution is 0.524. The fourth-order valence-electron chi connectivity index (χ4n) is 4.83. The maximum atomic E-state index is 15.9. The Kier molecular flexibility index (Phi) is 5.44. The lowest BCUT2D eigenvalue weighted by Crippen LogP contribution is -2.25. The van der Waals surface area contributed by atoms with Crippen LogP contribution in [0, 0.1) is 5.82 Å². The molecule has 0 N–H and O–H groups in total. The molecule has 0 aliphatic rings. The van der Waals surface area contributed by atoms with Crippen LogP contribution in [0.1, 0.15) is 58.2 Å². The van der Waals surface area contributed by atoms with Crippen LogP contribution < -0.4 is 11.4 Å². The van der Waals surface area contributed by atoms with Crippen LogP contribution in [0.2, 0.25) is 5.02 Å². The van der Waals surface area contributed by atoms with E-state index in [1.807, 2.05) is 26.8 Å². The fourth-order valence-corrected chi connectivity index (χ4v) is 5.22. The molecule has 0 saturated carbocycles. The summed E-state index contributed by atoms with van der Waals surface area (Å²) < 4.78 is 21.9. The first-order valence-electron chi connectivity index (χ1n) is 11.3. The van der Waals surface area contributed by atoms with Gasteiger partial charge in [-0.2, -0.15) is 0 Å². The van der Waals surface area contributed by atoms with Crippen molar-refractivity contribution in [3.8, 4) is 0 Å². The van der Waals surface area contributed by atoms with Gasteiger partial charge in [-0.3, -0.25) is 18.3 Å². The van der Waals surface area contributed by atoms with Gasteiger partial charge in [-0.25, -0.2) is 14.0 Å². The highest BCUT2D eigenvalue weighted by Gasteiger charge is 2.28. The Balaban J connectivity index is 2.10. The number of hydrogen-bond donors (Lipinski definition) is 0. The molecule has 2 aromatic heterocycles. The summed E-state index contributed by atoms with van der Waals surface area (Å²) in [4.78, 5) is 26.0. The molecule has 0 bridgehead atoms. The van der Waals surface area contributed by atoms with Crippen molar-refractivity contribution < 1.29 is 4.39 Å². The second-order valence-electron chi connectivity index (χ2n) is 11.2. The van der Waals surface area contributed by atoms with Crippen LogP contribution in [0.4, 0.5) is 4.39 Å². The molecule has 34 heavy (non-hydrogen) atoms. The summed E-state index contributed by atoms with van der Waals surface area (Å²) >= 11 is 6.96. The lowest BCUT2D eigenvalue weighted by atomic mass is 9.83. The van der Waals surface area contributed by atoms with Gasteiger partial charge in [0.2, 0.25) is 0 Å². The van der Waals surface area contributed by atoms with Crippen molar-refractivity contribution in [1.82, 2.24) is 18.3 Å². The van der Waals surface area contributed by atoms with Crippen LogP contribution >= 0.6 is 11.6 Å². The third kappa shape index (κ3) is 3.44. The highest BCUT2D eigenvalue weighted by atomic mass is 35.5. The van der Waals surface area contributed by atoms with Crippen molar-refractivity contribution in [1.29, 1.82) is 0 Å². The Morgan fingerprint density at radius 3 is 1.91 bits per heavy atom. The molecule has 2 heterocycles. The molecule has 0 unspecified atom stereocenters. The molecule has 0 atom stereocenters. The number of aromatic nitrogens is 4. The van der Waals surface area contributed by atoms with E-state index in [-0.39, 0.29) is 28.9 Å². The zero-order valence-corrected chi connectivity index (χ0v) is 22.1. The monoisotopic (exact) mass is 486 g/mol. The van der Waals surface area contributed by atoms with Gasteiger partial charge >= 0.3 is 11.4 Å². The quantitative estimate of drug-likeness (QED) is 0.402. The van der Waals surface area contributed by atoms with Crippen LogP contribution in [0.15, 0.2) is 27.8 Å². The topological polar surface area (TPSA) is 53.9 Å². The summed E-state index contributed by atoms with van der Waals surface area (Å²) in [5, 5.41) is 0.402. The fraction of sp³-hybridized carbons (Fsp3) is 0.462. The molecule has 4 aromatic rings. The SMILES string of the molecule is Cn1c(=O)n(C)c2c(Cl)c(Cn3c(=O)n(C)c4ccc(C(C)(C)C)c(F)c43)c(C(C)(C)C)cc21. The van der Waals surface area contributed by atoms with Crippen molar-refractivity contribution in [2.45, 2.75) is 58.9 Å². The van der Waals surface area contributed by atoms with Crippen LogP contribution in [-0.2, 0) is 38.5 Å². The zero-order chi connectivity index (χ0) is 25.5. The molecule has 6 nitrogen and oxygen atoms in total. The first kappa shape index (κ1) is 24.3. The third-order valence-corrected chi connectivity index (χ3v) is 7.18. The van der Waals surface area contributed by atoms with E-state index >= 15 is 4.39 Å². The summed E-state index contributed by atoms with van der Waals surface area (Å²) in [6, 6.07) is 5.51. The number of hydrogen-bond acceptors (Lipinski definition) is 2. The number of benzene rings is 2. The van der Waals surface area contributed by atoms with Gasteiger partial charge in [0.25, 0.3) is 0 Å². The van der Waals surface area contributed by atoms with E-state index < -0.39 is 11.2 Å². The van der Waals surface area contributed by atoms with Gasteiger partial charge in [-0.1, -0.05) is 59.2 Å². The standard InChI is InChI=1S/C26H32ClFN4O2/c1-25(2,3)15-10-11-17-22(20(15)28)32(24(34)29(17)7)13-14-16(26(4,5)6)12-18-21(19(14)27)31(9)23(33)30(18)8/h10-12H,13H2,1-9H3. The minimum absolute atomic E-state index is 0.0884. The predicted molar refractivity (Wildman–Crippen MR) is 137 cm³/mol. The molecule has 0 fully saturated rings. The maximum absolute atomic E-state index is 15.9. The Labute approximate surface area is 203 Å². The summed E-state index contributed by atoms with van der Waals surface area (Å²) in [6.45, 7) is 12.1. The second-order valence-corrected chi connectivity index (χ2v) is 11.6. The number of fused-ring (bicyclic) bond motifs is 2. The van der Waals surface area contributed by atoms with Crippen molar-refractivity contribution in [2.75, 3.05) is 0 Å². The van der Waals surface area contributed by atoms with E-state index in [4.69, 9.17) is 11.6 Å². The third-order valence-electron chi connectivity index (χ3n) is 6.77. The molecule has 0 radical (unpaired) electrons. The van der Waals surface area contributed by atoms with Crippen LogP contribution in [0.25, 0.3) is 22.1 Å². The molecule has 0 amide bonds. The summed E-state index contributed by atoms with van der Waals surface area (Å²) in [6.07, 6.45) is 0. The predicted octanol–water partition coefficient (Wildman–Crippen LogP) is 4.97. The largest absolute Gasteiger partial charge is 0.329 e. The lowest BCUT2D eigenvalue weighted by Gasteiger charge is -2.25. The molecule has 0 aliphatic carbocycles. The molecule has 182 valence electrons. The number of aryl methyl sites for hydroxylation is 3. The van der Waals surface area contributed by atoms with Crippen molar-refractivity contribution >= 4 is 33.7 Å². The van der Waals surface area contributed by atoms with Gasteiger partial charge in [0, 0.05) is 21.1 Å². The average molecular weight is 487 g/mol.